The number of hydrogen-bond acceptors (Lipinski definition) is 2. The van der Waals surface area contributed by atoms with E-state index in [9.17, 15) is 4.48 Å². The molecule has 54 valence electrons. The maximum Gasteiger partial charge on any atom is 0.132 e. The van der Waals surface area contributed by atoms with Crippen LogP contribution in [0.4, 0.5) is 4.48 Å². The molecular formula is C5H11FN2O. The van der Waals surface area contributed by atoms with Crippen LogP contribution in [0.3, 0.4) is 0 Å². The van der Waals surface area contributed by atoms with Gasteiger partial charge in [0.25, 0.3) is 0 Å². The van der Waals surface area contributed by atoms with Crippen molar-refractivity contribution in [1.29, 1.82) is 0 Å². The molecule has 0 fully saturated rings. The fraction of sp³-hybridized carbons (Fsp3) is 0.800. The Bertz CT molecular complexity index is 95.0. The summed E-state index contributed by atoms with van der Waals surface area (Å²) in [4.78, 5) is 0. The van der Waals surface area contributed by atoms with Gasteiger partial charge in [0.2, 0.25) is 0 Å². The molecular weight excluding hydrogens is 123 g/mol. The Morgan fingerprint density at radius 1 is 1.78 bits per heavy atom. The summed E-state index contributed by atoms with van der Waals surface area (Å²) in [7, 11) is 1.59. The summed E-state index contributed by atoms with van der Waals surface area (Å²) in [5.74, 6) is 0.0343. The first kappa shape index (κ1) is 8.36. The minimum atomic E-state index is 0.0343. The van der Waals surface area contributed by atoms with E-state index in [1.165, 1.54) is 0 Å². The molecule has 9 heavy (non-hydrogen) atoms. The standard InChI is InChI=1S/C5H11FN2O/c1-9-4-2-3-5(7)8-6/h2-4H2,1H3,(H2,7,8). The fourth-order valence-corrected chi connectivity index (χ4v) is 0.440. The van der Waals surface area contributed by atoms with Gasteiger partial charge in [-0.05, 0) is 6.42 Å². The Morgan fingerprint density at radius 2 is 2.44 bits per heavy atom. The number of nitrogens with two attached hydrogens (primary N) is 1. The SMILES string of the molecule is COCCC/C(N)=N/F. The fourth-order valence-electron chi connectivity index (χ4n) is 0.440. The van der Waals surface area contributed by atoms with Crippen LogP contribution in [-0.2, 0) is 4.74 Å². The molecule has 0 saturated heterocycles. The molecule has 3 nitrogen and oxygen atoms in total. The van der Waals surface area contributed by atoms with E-state index in [-0.39, 0.29) is 5.84 Å². The summed E-state index contributed by atoms with van der Waals surface area (Å²) in [5.41, 5.74) is 5.03. The van der Waals surface area contributed by atoms with Gasteiger partial charge in [0.15, 0.2) is 0 Å². The molecule has 0 radical (unpaired) electrons. The van der Waals surface area contributed by atoms with Crippen molar-refractivity contribution in [2.24, 2.45) is 10.9 Å². The molecule has 0 rings (SSSR count). The summed E-state index contributed by atoms with van der Waals surface area (Å²) < 4.78 is 15.9. The van der Waals surface area contributed by atoms with Crippen LogP contribution < -0.4 is 5.73 Å². The summed E-state index contributed by atoms with van der Waals surface area (Å²) in [6.07, 6.45) is 1.18. The van der Waals surface area contributed by atoms with Crippen LogP contribution in [0.15, 0.2) is 5.21 Å². The Hall–Kier alpha value is -0.640. The Kier molecular flexibility index (Phi) is 5.11. The van der Waals surface area contributed by atoms with Crippen LogP contribution in [0, 0.1) is 0 Å². The van der Waals surface area contributed by atoms with Crippen LogP contribution in [0.1, 0.15) is 12.8 Å². The van der Waals surface area contributed by atoms with Gasteiger partial charge < -0.3 is 10.5 Å². The zero-order valence-electron chi connectivity index (χ0n) is 5.43. The van der Waals surface area contributed by atoms with Gasteiger partial charge >= 0.3 is 0 Å². The molecule has 0 bridgehead atoms. The molecule has 0 aromatic heterocycles. The average Bonchev–Trinajstić information content (AvgIpc) is 1.89. The van der Waals surface area contributed by atoms with E-state index in [4.69, 9.17) is 10.5 Å². The topological polar surface area (TPSA) is 47.6 Å². The summed E-state index contributed by atoms with van der Waals surface area (Å²) in [5, 5.41) is 2.30. The van der Waals surface area contributed by atoms with E-state index in [2.05, 4.69) is 5.21 Å². The van der Waals surface area contributed by atoms with Crippen LogP contribution in [-0.4, -0.2) is 19.6 Å². The lowest BCUT2D eigenvalue weighted by molar-refractivity contribution is 0.196. The monoisotopic (exact) mass is 134 g/mol. The van der Waals surface area contributed by atoms with Gasteiger partial charge in [-0.1, -0.05) is 9.70 Å². The molecule has 0 unspecified atom stereocenters. The summed E-state index contributed by atoms with van der Waals surface area (Å²) >= 11 is 0. The zero-order chi connectivity index (χ0) is 7.11. The molecule has 0 aliphatic carbocycles. The molecule has 0 aliphatic rings. The van der Waals surface area contributed by atoms with Gasteiger partial charge in [0, 0.05) is 20.1 Å². The molecule has 0 aromatic carbocycles. The van der Waals surface area contributed by atoms with Gasteiger partial charge in [-0.2, -0.15) is 0 Å². The van der Waals surface area contributed by atoms with Gasteiger partial charge in [-0.25, -0.2) is 0 Å². The Balaban J connectivity index is 3.07. The summed E-state index contributed by atoms with van der Waals surface area (Å²) in [6, 6.07) is 0. The maximum atomic E-state index is 11.2. The second-order valence-corrected chi connectivity index (χ2v) is 1.67. The van der Waals surface area contributed by atoms with Crippen molar-refractivity contribution in [3.8, 4) is 0 Å². The van der Waals surface area contributed by atoms with Gasteiger partial charge in [-0.15, -0.1) is 0 Å². The van der Waals surface area contributed by atoms with Crippen LogP contribution in [0.25, 0.3) is 0 Å². The van der Waals surface area contributed by atoms with E-state index in [1.807, 2.05) is 0 Å². The third kappa shape index (κ3) is 5.23. The third-order valence-electron chi connectivity index (χ3n) is 0.890. The van der Waals surface area contributed by atoms with Crippen molar-refractivity contribution >= 4 is 5.84 Å². The second-order valence-electron chi connectivity index (χ2n) is 1.67. The van der Waals surface area contributed by atoms with Crippen molar-refractivity contribution in [2.75, 3.05) is 13.7 Å². The second kappa shape index (κ2) is 5.50. The first-order valence-corrected chi connectivity index (χ1v) is 2.73. The largest absolute Gasteiger partial charge is 0.385 e. The minimum Gasteiger partial charge on any atom is -0.385 e. The predicted molar refractivity (Wildman–Crippen MR) is 33.8 cm³/mol. The number of methoxy groups -OCH3 is 1. The smallest absolute Gasteiger partial charge is 0.132 e. The highest BCUT2D eigenvalue weighted by atomic mass is 19.2. The first-order chi connectivity index (χ1) is 4.31. The van der Waals surface area contributed by atoms with E-state index in [1.54, 1.807) is 7.11 Å². The average molecular weight is 134 g/mol. The number of halogens is 1. The molecule has 0 amide bonds. The van der Waals surface area contributed by atoms with Crippen molar-refractivity contribution in [2.45, 2.75) is 12.8 Å². The minimum absolute atomic E-state index is 0.0343. The maximum absolute atomic E-state index is 11.2. The van der Waals surface area contributed by atoms with Gasteiger partial charge in [-0.3, -0.25) is 0 Å². The quantitative estimate of drug-likeness (QED) is 0.348. The van der Waals surface area contributed by atoms with E-state index < -0.39 is 0 Å². The predicted octanol–water partition coefficient (Wildman–Crippen LogP) is 0.655. The first-order valence-electron chi connectivity index (χ1n) is 2.73. The molecule has 0 atom stereocenters. The van der Waals surface area contributed by atoms with E-state index in [0.29, 0.717) is 13.0 Å². The highest BCUT2D eigenvalue weighted by molar-refractivity contribution is 5.79. The summed E-state index contributed by atoms with van der Waals surface area (Å²) in [6.45, 7) is 0.593. The van der Waals surface area contributed by atoms with Crippen LogP contribution in [0.5, 0.6) is 0 Å². The number of nitrogens with zero attached hydrogens (tertiary/aromatic N) is 1. The number of rotatable bonds is 4. The normalized spacial score (nSPS) is 12.0. The molecule has 0 aromatic rings. The lowest BCUT2D eigenvalue weighted by Gasteiger charge is -1.95. The third-order valence-corrected chi connectivity index (χ3v) is 0.890. The van der Waals surface area contributed by atoms with Crippen molar-refractivity contribution < 1.29 is 9.22 Å². The molecule has 0 heterocycles. The van der Waals surface area contributed by atoms with Crippen molar-refractivity contribution in [3.63, 3.8) is 0 Å². The Labute approximate surface area is 53.6 Å². The lowest BCUT2D eigenvalue weighted by atomic mass is 10.3. The number of amidine groups is 1. The highest BCUT2D eigenvalue weighted by Crippen LogP contribution is 1.88. The van der Waals surface area contributed by atoms with Crippen LogP contribution in [0.2, 0.25) is 0 Å². The molecule has 2 N–H and O–H groups in total. The van der Waals surface area contributed by atoms with Crippen molar-refractivity contribution in [1.82, 2.24) is 0 Å². The zero-order valence-corrected chi connectivity index (χ0v) is 5.43. The van der Waals surface area contributed by atoms with E-state index >= 15 is 0 Å². The van der Waals surface area contributed by atoms with Crippen molar-refractivity contribution in [3.05, 3.63) is 0 Å². The van der Waals surface area contributed by atoms with E-state index in [0.717, 1.165) is 6.42 Å². The highest BCUT2D eigenvalue weighted by Gasteiger charge is 1.90. The molecule has 0 spiro atoms. The molecule has 0 saturated carbocycles. The van der Waals surface area contributed by atoms with Crippen LogP contribution >= 0.6 is 0 Å². The Morgan fingerprint density at radius 3 is 2.89 bits per heavy atom. The lowest BCUT2D eigenvalue weighted by Crippen LogP contribution is -2.10. The van der Waals surface area contributed by atoms with Gasteiger partial charge in [0.05, 0.1) is 0 Å². The number of ether oxygens (including phenoxy) is 1. The molecule has 4 heteroatoms. The number of hydrogen-bond donors (Lipinski definition) is 1. The molecule has 0 aliphatic heterocycles. The van der Waals surface area contributed by atoms with Gasteiger partial charge in [0.1, 0.15) is 5.84 Å².